The van der Waals surface area contributed by atoms with Gasteiger partial charge in [0.15, 0.2) is 0 Å². The third-order valence-corrected chi connectivity index (χ3v) is 4.23. The van der Waals surface area contributed by atoms with Crippen molar-refractivity contribution in [3.8, 4) is 0 Å². The quantitative estimate of drug-likeness (QED) is 0.818. The molecule has 2 unspecified atom stereocenters. The number of nitrogens with zero attached hydrogens (tertiary/aromatic N) is 1. The molecule has 17 heavy (non-hydrogen) atoms. The molecule has 4 nitrogen and oxygen atoms in total. The van der Waals surface area contributed by atoms with Crippen molar-refractivity contribution in [3.05, 3.63) is 0 Å². The number of carbonyl (C=O) groups excluding carboxylic acids is 1. The lowest BCUT2D eigenvalue weighted by atomic mass is 9.82. The van der Waals surface area contributed by atoms with E-state index in [-0.39, 0.29) is 17.9 Å². The van der Waals surface area contributed by atoms with Gasteiger partial charge in [0.05, 0.1) is 5.92 Å². The lowest BCUT2D eigenvalue weighted by Crippen LogP contribution is -2.46. The molecule has 1 aliphatic heterocycles. The van der Waals surface area contributed by atoms with Crippen molar-refractivity contribution in [1.29, 1.82) is 0 Å². The second-order valence-electron chi connectivity index (χ2n) is 5.50. The van der Waals surface area contributed by atoms with Crippen LogP contribution in [-0.2, 0) is 9.59 Å². The molecule has 0 aromatic carbocycles. The SMILES string of the molecule is CC1CC(C(=O)O)CCN1C(=O)CC1CCC1. The number of aliphatic carboxylic acids is 1. The van der Waals surface area contributed by atoms with Gasteiger partial charge in [-0.25, -0.2) is 0 Å². The summed E-state index contributed by atoms with van der Waals surface area (Å²) in [7, 11) is 0. The summed E-state index contributed by atoms with van der Waals surface area (Å²) in [5, 5.41) is 8.97. The maximum absolute atomic E-state index is 12.1. The Labute approximate surface area is 102 Å². The Morgan fingerprint density at radius 3 is 2.47 bits per heavy atom. The molecule has 0 aromatic rings. The fourth-order valence-electron chi connectivity index (χ4n) is 2.83. The van der Waals surface area contributed by atoms with Crippen molar-refractivity contribution in [2.24, 2.45) is 11.8 Å². The van der Waals surface area contributed by atoms with E-state index >= 15 is 0 Å². The highest BCUT2D eigenvalue weighted by Gasteiger charge is 2.33. The fraction of sp³-hybridized carbons (Fsp3) is 0.846. The monoisotopic (exact) mass is 239 g/mol. The van der Waals surface area contributed by atoms with Gasteiger partial charge in [-0.15, -0.1) is 0 Å². The summed E-state index contributed by atoms with van der Waals surface area (Å²) in [5.41, 5.74) is 0. The molecule has 2 atom stereocenters. The smallest absolute Gasteiger partial charge is 0.306 e. The molecule has 96 valence electrons. The van der Waals surface area contributed by atoms with Gasteiger partial charge in [-0.2, -0.15) is 0 Å². The van der Waals surface area contributed by atoms with E-state index in [2.05, 4.69) is 0 Å². The van der Waals surface area contributed by atoms with Crippen LogP contribution in [-0.4, -0.2) is 34.5 Å². The van der Waals surface area contributed by atoms with Crippen LogP contribution in [0.15, 0.2) is 0 Å². The second-order valence-corrected chi connectivity index (χ2v) is 5.50. The van der Waals surface area contributed by atoms with E-state index < -0.39 is 5.97 Å². The van der Waals surface area contributed by atoms with Gasteiger partial charge in [0.1, 0.15) is 0 Å². The number of hydrogen-bond donors (Lipinski definition) is 1. The minimum Gasteiger partial charge on any atom is -0.481 e. The summed E-state index contributed by atoms with van der Waals surface area (Å²) < 4.78 is 0. The first-order valence-electron chi connectivity index (χ1n) is 6.60. The molecule has 2 rings (SSSR count). The predicted molar refractivity (Wildman–Crippen MR) is 63.5 cm³/mol. The van der Waals surface area contributed by atoms with Gasteiger partial charge in [-0.1, -0.05) is 6.42 Å². The van der Waals surface area contributed by atoms with Crippen LogP contribution in [0.5, 0.6) is 0 Å². The van der Waals surface area contributed by atoms with Crippen molar-refractivity contribution in [3.63, 3.8) is 0 Å². The van der Waals surface area contributed by atoms with E-state index in [1.54, 1.807) is 0 Å². The third kappa shape index (κ3) is 2.79. The fourth-order valence-corrected chi connectivity index (χ4v) is 2.83. The van der Waals surface area contributed by atoms with Gasteiger partial charge in [-0.3, -0.25) is 9.59 Å². The molecule has 1 saturated heterocycles. The highest BCUT2D eigenvalue weighted by atomic mass is 16.4. The lowest BCUT2D eigenvalue weighted by molar-refractivity contribution is -0.148. The highest BCUT2D eigenvalue weighted by molar-refractivity contribution is 5.77. The molecule has 1 amide bonds. The number of piperidine rings is 1. The number of carboxylic acid groups (broad SMARTS) is 1. The molecule has 4 heteroatoms. The first kappa shape index (κ1) is 12.4. The van der Waals surface area contributed by atoms with Crippen LogP contribution < -0.4 is 0 Å². The zero-order valence-corrected chi connectivity index (χ0v) is 10.4. The molecule has 1 N–H and O–H groups in total. The normalized spacial score (nSPS) is 29.8. The van der Waals surface area contributed by atoms with Crippen LogP contribution in [0, 0.1) is 11.8 Å². The van der Waals surface area contributed by atoms with Crippen molar-refractivity contribution in [1.82, 2.24) is 4.90 Å². The Hall–Kier alpha value is -1.06. The van der Waals surface area contributed by atoms with Gasteiger partial charge >= 0.3 is 5.97 Å². The Kier molecular flexibility index (Phi) is 3.69. The first-order chi connectivity index (χ1) is 8.08. The molecule has 1 saturated carbocycles. The molecule has 2 fully saturated rings. The van der Waals surface area contributed by atoms with Crippen molar-refractivity contribution in [2.75, 3.05) is 6.54 Å². The van der Waals surface area contributed by atoms with Crippen molar-refractivity contribution >= 4 is 11.9 Å². The topological polar surface area (TPSA) is 57.6 Å². The molecule has 0 aromatic heterocycles. The zero-order chi connectivity index (χ0) is 12.4. The van der Waals surface area contributed by atoms with E-state index in [1.807, 2.05) is 11.8 Å². The molecular weight excluding hydrogens is 218 g/mol. The van der Waals surface area contributed by atoms with Crippen LogP contribution in [0.4, 0.5) is 0 Å². The number of amides is 1. The number of carbonyl (C=O) groups is 2. The van der Waals surface area contributed by atoms with Gasteiger partial charge in [-0.05, 0) is 38.5 Å². The van der Waals surface area contributed by atoms with Crippen LogP contribution in [0.1, 0.15) is 45.4 Å². The van der Waals surface area contributed by atoms with E-state index in [1.165, 1.54) is 19.3 Å². The second kappa shape index (κ2) is 5.07. The Balaban J connectivity index is 1.85. The summed E-state index contributed by atoms with van der Waals surface area (Å²) in [4.78, 5) is 24.9. The summed E-state index contributed by atoms with van der Waals surface area (Å²) in [6, 6.07) is 0.0810. The molecule has 1 heterocycles. The standard InChI is InChI=1S/C13H21NO3/c1-9-7-11(13(16)17)5-6-14(9)12(15)8-10-3-2-4-10/h9-11H,2-8H2,1H3,(H,16,17). The van der Waals surface area contributed by atoms with Crippen LogP contribution in [0.3, 0.4) is 0 Å². The molecule has 1 aliphatic carbocycles. The van der Waals surface area contributed by atoms with E-state index in [4.69, 9.17) is 5.11 Å². The van der Waals surface area contributed by atoms with E-state index in [9.17, 15) is 9.59 Å². The number of rotatable bonds is 3. The Morgan fingerprint density at radius 1 is 1.29 bits per heavy atom. The van der Waals surface area contributed by atoms with E-state index in [0.717, 1.165) is 0 Å². The predicted octanol–water partition coefficient (Wildman–Crippen LogP) is 1.89. The summed E-state index contributed by atoms with van der Waals surface area (Å²) in [6.45, 7) is 2.58. The summed E-state index contributed by atoms with van der Waals surface area (Å²) >= 11 is 0. The molecule has 0 radical (unpaired) electrons. The molecule has 0 bridgehead atoms. The maximum Gasteiger partial charge on any atom is 0.306 e. The summed E-state index contributed by atoms with van der Waals surface area (Å²) in [5.74, 6) is -0.168. The molecule has 0 spiro atoms. The van der Waals surface area contributed by atoms with Crippen LogP contribution in [0.25, 0.3) is 0 Å². The van der Waals surface area contributed by atoms with Gasteiger partial charge in [0.25, 0.3) is 0 Å². The minimum atomic E-state index is -0.719. The first-order valence-corrected chi connectivity index (χ1v) is 6.60. The van der Waals surface area contributed by atoms with Gasteiger partial charge < -0.3 is 10.0 Å². The van der Waals surface area contributed by atoms with Crippen molar-refractivity contribution < 1.29 is 14.7 Å². The largest absolute Gasteiger partial charge is 0.481 e. The lowest BCUT2D eigenvalue weighted by Gasteiger charge is -2.38. The zero-order valence-electron chi connectivity index (χ0n) is 10.4. The van der Waals surface area contributed by atoms with Crippen LogP contribution in [0.2, 0.25) is 0 Å². The Morgan fingerprint density at radius 2 is 2.00 bits per heavy atom. The Bertz CT molecular complexity index is 312. The average Bonchev–Trinajstić information content (AvgIpc) is 2.22. The highest BCUT2D eigenvalue weighted by Crippen LogP contribution is 2.31. The van der Waals surface area contributed by atoms with Gasteiger partial charge in [0.2, 0.25) is 5.91 Å². The van der Waals surface area contributed by atoms with Gasteiger partial charge in [0, 0.05) is 19.0 Å². The third-order valence-electron chi connectivity index (χ3n) is 4.23. The average molecular weight is 239 g/mol. The number of hydrogen-bond acceptors (Lipinski definition) is 2. The maximum atomic E-state index is 12.1. The number of carboxylic acids is 1. The van der Waals surface area contributed by atoms with Crippen molar-refractivity contribution in [2.45, 2.75) is 51.5 Å². The molecular formula is C13H21NO3. The van der Waals surface area contributed by atoms with Crippen LogP contribution >= 0.6 is 0 Å². The summed E-state index contributed by atoms with van der Waals surface area (Å²) in [6.07, 6.45) is 5.51. The minimum absolute atomic E-state index is 0.0810. The molecule has 2 aliphatic rings. The van der Waals surface area contributed by atoms with E-state index in [0.29, 0.717) is 31.7 Å². The number of likely N-dealkylation sites (tertiary alicyclic amines) is 1.